The van der Waals surface area contributed by atoms with E-state index < -0.39 is 0 Å². The first-order valence-corrected chi connectivity index (χ1v) is 5.92. The van der Waals surface area contributed by atoms with Gasteiger partial charge in [0, 0.05) is 14.0 Å². The predicted octanol–water partition coefficient (Wildman–Crippen LogP) is 3.45. The molecule has 2 aromatic carbocycles. The number of fused-ring (bicyclic) bond motifs is 2. The van der Waals surface area contributed by atoms with Crippen LogP contribution in [0.2, 0.25) is 0 Å². The summed E-state index contributed by atoms with van der Waals surface area (Å²) in [5.41, 5.74) is 3.97. The molecule has 0 saturated heterocycles. The van der Waals surface area contributed by atoms with E-state index in [0.29, 0.717) is 0 Å². The number of anilines is 4. The van der Waals surface area contributed by atoms with Crippen LogP contribution >= 0.6 is 0 Å². The van der Waals surface area contributed by atoms with Gasteiger partial charge in [-0.15, -0.1) is 0 Å². The third-order valence-electron chi connectivity index (χ3n) is 3.28. The quantitative estimate of drug-likeness (QED) is 0.701. The summed E-state index contributed by atoms with van der Waals surface area (Å²) in [5.74, 6) is 0.0306. The molecule has 1 heterocycles. The van der Waals surface area contributed by atoms with Crippen LogP contribution in [0.15, 0.2) is 48.5 Å². The SMILES string of the molecule is CC(=O)N1c2ccccc2N(C)c2ccccc21. The number of benzene rings is 2. The second-order valence-corrected chi connectivity index (χ2v) is 4.39. The van der Waals surface area contributed by atoms with E-state index in [9.17, 15) is 4.79 Å². The lowest BCUT2D eigenvalue weighted by Crippen LogP contribution is -2.30. The number of para-hydroxylation sites is 4. The van der Waals surface area contributed by atoms with Gasteiger partial charge in [0.25, 0.3) is 0 Å². The van der Waals surface area contributed by atoms with Gasteiger partial charge >= 0.3 is 0 Å². The average molecular weight is 238 g/mol. The molecule has 1 aliphatic heterocycles. The Kier molecular flexibility index (Phi) is 2.33. The van der Waals surface area contributed by atoms with Crippen molar-refractivity contribution in [1.82, 2.24) is 0 Å². The molecule has 0 spiro atoms. The zero-order valence-electron chi connectivity index (χ0n) is 10.4. The van der Waals surface area contributed by atoms with Gasteiger partial charge in [0.15, 0.2) is 0 Å². The first-order chi connectivity index (χ1) is 8.70. The molecule has 0 unspecified atom stereocenters. The minimum Gasteiger partial charge on any atom is -0.341 e. The summed E-state index contributed by atoms with van der Waals surface area (Å²) in [6, 6.07) is 15.9. The van der Waals surface area contributed by atoms with Gasteiger partial charge in [0.2, 0.25) is 5.91 Å². The van der Waals surface area contributed by atoms with Crippen LogP contribution in [-0.4, -0.2) is 13.0 Å². The number of hydrogen-bond acceptors (Lipinski definition) is 2. The Balaban J connectivity index is 2.30. The molecular formula is C15H14N2O. The molecule has 1 amide bonds. The maximum absolute atomic E-state index is 11.9. The van der Waals surface area contributed by atoms with Crippen LogP contribution in [0.3, 0.4) is 0 Å². The van der Waals surface area contributed by atoms with Gasteiger partial charge < -0.3 is 4.90 Å². The highest BCUT2D eigenvalue weighted by Gasteiger charge is 2.27. The van der Waals surface area contributed by atoms with Crippen molar-refractivity contribution in [3.63, 3.8) is 0 Å². The lowest BCUT2D eigenvalue weighted by molar-refractivity contribution is -0.115. The predicted molar refractivity (Wildman–Crippen MR) is 73.8 cm³/mol. The lowest BCUT2D eigenvalue weighted by Gasteiger charge is -2.36. The molecule has 0 bridgehead atoms. The molecule has 3 nitrogen and oxygen atoms in total. The Morgan fingerprint density at radius 2 is 1.22 bits per heavy atom. The molecule has 3 rings (SSSR count). The van der Waals surface area contributed by atoms with Crippen LogP contribution in [0.1, 0.15) is 6.92 Å². The first kappa shape index (κ1) is 10.8. The summed E-state index contributed by atoms with van der Waals surface area (Å²) in [4.78, 5) is 15.8. The molecular weight excluding hydrogens is 224 g/mol. The third-order valence-corrected chi connectivity index (χ3v) is 3.28. The van der Waals surface area contributed by atoms with E-state index in [4.69, 9.17) is 0 Å². The fourth-order valence-electron chi connectivity index (χ4n) is 2.47. The van der Waals surface area contributed by atoms with Crippen LogP contribution in [0.5, 0.6) is 0 Å². The highest BCUT2D eigenvalue weighted by molar-refractivity contribution is 6.08. The smallest absolute Gasteiger partial charge is 0.228 e. The van der Waals surface area contributed by atoms with E-state index in [1.165, 1.54) is 0 Å². The summed E-state index contributed by atoms with van der Waals surface area (Å²) in [6.45, 7) is 1.60. The summed E-state index contributed by atoms with van der Waals surface area (Å²) < 4.78 is 0. The zero-order chi connectivity index (χ0) is 12.7. The van der Waals surface area contributed by atoms with Crippen molar-refractivity contribution >= 4 is 28.7 Å². The van der Waals surface area contributed by atoms with Crippen molar-refractivity contribution in [1.29, 1.82) is 0 Å². The largest absolute Gasteiger partial charge is 0.341 e. The van der Waals surface area contributed by atoms with Gasteiger partial charge in [-0.3, -0.25) is 9.69 Å². The topological polar surface area (TPSA) is 23.6 Å². The van der Waals surface area contributed by atoms with Crippen LogP contribution in [0, 0.1) is 0 Å². The third kappa shape index (κ3) is 1.40. The molecule has 0 atom stereocenters. The van der Waals surface area contributed by atoms with E-state index in [-0.39, 0.29) is 5.91 Å². The highest BCUT2D eigenvalue weighted by atomic mass is 16.2. The number of carbonyl (C=O) groups excluding carboxylic acids is 1. The minimum atomic E-state index is 0.0306. The van der Waals surface area contributed by atoms with Crippen molar-refractivity contribution in [3.8, 4) is 0 Å². The molecule has 0 aliphatic carbocycles. The number of amides is 1. The van der Waals surface area contributed by atoms with Crippen LogP contribution < -0.4 is 9.80 Å². The van der Waals surface area contributed by atoms with Crippen LogP contribution in [-0.2, 0) is 4.79 Å². The fourth-order valence-corrected chi connectivity index (χ4v) is 2.47. The molecule has 0 N–H and O–H groups in total. The monoisotopic (exact) mass is 238 g/mol. The fraction of sp³-hybridized carbons (Fsp3) is 0.133. The van der Waals surface area contributed by atoms with Crippen LogP contribution in [0.4, 0.5) is 22.7 Å². The summed E-state index contributed by atoms with van der Waals surface area (Å²) in [6.07, 6.45) is 0. The Morgan fingerprint density at radius 1 is 0.833 bits per heavy atom. The first-order valence-electron chi connectivity index (χ1n) is 5.92. The Bertz CT molecular complexity index is 574. The van der Waals surface area contributed by atoms with Gasteiger partial charge in [-0.1, -0.05) is 24.3 Å². The van der Waals surface area contributed by atoms with Crippen molar-refractivity contribution in [2.75, 3.05) is 16.8 Å². The summed E-state index contributed by atoms with van der Waals surface area (Å²) in [5, 5.41) is 0. The summed E-state index contributed by atoms with van der Waals surface area (Å²) in [7, 11) is 2.02. The van der Waals surface area contributed by atoms with E-state index in [1.54, 1.807) is 11.8 Å². The average Bonchev–Trinajstić information content (AvgIpc) is 2.39. The van der Waals surface area contributed by atoms with Gasteiger partial charge in [0.05, 0.1) is 22.7 Å². The van der Waals surface area contributed by atoms with Crippen molar-refractivity contribution < 1.29 is 4.79 Å². The van der Waals surface area contributed by atoms with E-state index in [0.717, 1.165) is 22.7 Å². The van der Waals surface area contributed by atoms with Crippen LogP contribution in [0.25, 0.3) is 0 Å². The second kappa shape index (κ2) is 3.88. The van der Waals surface area contributed by atoms with Crippen molar-refractivity contribution in [3.05, 3.63) is 48.5 Å². The molecule has 3 heteroatoms. The molecule has 0 fully saturated rings. The normalized spacial score (nSPS) is 13.0. The van der Waals surface area contributed by atoms with Gasteiger partial charge in [0.1, 0.15) is 0 Å². The highest BCUT2D eigenvalue weighted by Crippen LogP contribution is 2.46. The molecule has 2 aromatic rings. The molecule has 0 aromatic heterocycles. The number of nitrogens with zero attached hydrogens (tertiary/aromatic N) is 2. The molecule has 1 aliphatic rings. The van der Waals surface area contributed by atoms with Crippen molar-refractivity contribution in [2.24, 2.45) is 0 Å². The minimum absolute atomic E-state index is 0.0306. The molecule has 0 saturated carbocycles. The van der Waals surface area contributed by atoms with E-state index in [2.05, 4.69) is 4.90 Å². The Morgan fingerprint density at radius 3 is 1.61 bits per heavy atom. The van der Waals surface area contributed by atoms with E-state index >= 15 is 0 Å². The van der Waals surface area contributed by atoms with E-state index in [1.807, 2.05) is 55.6 Å². The Labute approximate surface area is 106 Å². The zero-order valence-corrected chi connectivity index (χ0v) is 10.4. The standard InChI is InChI=1S/C15H14N2O/c1-11(18)17-14-9-5-3-7-12(14)16(2)13-8-4-6-10-15(13)17/h3-10H,1-2H3. The number of hydrogen-bond donors (Lipinski definition) is 0. The van der Waals surface area contributed by atoms with Crippen molar-refractivity contribution in [2.45, 2.75) is 6.92 Å². The number of rotatable bonds is 0. The maximum atomic E-state index is 11.9. The maximum Gasteiger partial charge on any atom is 0.228 e. The number of carbonyl (C=O) groups is 1. The molecule has 18 heavy (non-hydrogen) atoms. The second-order valence-electron chi connectivity index (χ2n) is 4.39. The van der Waals surface area contributed by atoms with Gasteiger partial charge in [-0.05, 0) is 24.3 Å². The Hall–Kier alpha value is -2.29. The van der Waals surface area contributed by atoms with Gasteiger partial charge in [-0.2, -0.15) is 0 Å². The molecule has 90 valence electrons. The lowest BCUT2D eigenvalue weighted by atomic mass is 10.1. The summed E-state index contributed by atoms with van der Waals surface area (Å²) >= 11 is 0. The van der Waals surface area contributed by atoms with Gasteiger partial charge in [-0.25, -0.2) is 0 Å². The molecule has 0 radical (unpaired) electrons.